The fourth-order valence-electron chi connectivity index (χ4n) is 3.55. The number of fused-ring (bicyclic) bond motifs is 1. The first-order valence-corrected chi connectivity index (χ1v) is 11.8. The Morgan fingerprint density at radius 2 is 1.97 bits per heavy atom. The van der Waals surface area contributed by atoms with Gasteiger partial charge >= 0.3 is 6.18 Å². The Kier molecular flexibility index (Phi) is 7.14. The van der Waals surface area contributed by atoms with Crippen molar-refractivity contribution in [2.24, 2.45) is 0 Å². The van der Waals surface area contributed by atoms with Crippen molar-refractivity contribution in [3.63, 3.8) is 0 Å². The number of halogens is 4. The summed E-state index contributed by atoms with van der Waals surface area (Å²) in [7, 11) is 0. The maximum atomic E-state index is 13.3. The van der Waals surface area contributed by atoms with Crippen LogP contribution in [0.4, 0.5) is 18.3 Å². The molecule has 0 bridgehead atoms. The Labute approximate surface area is 195 Å². The van der Waals surface area contributed by atoms with E-state index >= 15 is 0 Å². The fourth-order valence-corrected chi connectivity index (χ4v) is 5.09. The quantitative estimate of drug-likeness (QED) is 0.427. The van der Waals surface area contributed by atoms with Gasteiger partial charge < -0.3 is 4.74 Å². The lowest BCUT2D eigenvalue weighted by molar-refractivity contribution is -0.137. The summed E-state index contributed by atoms with van der Waals surface area (Å²) >= 11 is 4.78. The maximum Gasteiger partial charge on any atom is 0.416 e. The highest BCUT2D eigenvalue weighted by atomic mass is 79.9. The van der Waals surface area contributed by atoms with Crippen molar-refractivity contribution >= 4 is 48.5 Å². The zero-order valence-corrected chi connectivity index (χ0v) is 19.5. The fraction of sp³-hybridized carbons (Fsp3) is 0.364. The van der Waals surface area contributed by atoms with E-state index in [4.69, 9.17) is 4.74 Å². The second kappa shape index (κ2) is 9.86. The van der Waals surface area contributed by atoms with E-state index in [1.165, 1.54) is 28.4 Å². The normalized spacial score (nSPS) is 15.2. The number of hydrogen-bond acceptors (Lipinski definition) is 5. The van der Waals surface area contributed by atoms with Gasteiger partial charge in [0.15, 0.2) is 5.13 Å². The second-order valence-corrected chi connectivity index (χ2v) is 9.38. The van der Waals surface area contributed by atoms with Crippen LogP contribution in [0.25, 0.3) is 10.2 Å². The molecule has 2 heterocycles. The number of aromatic nitrogens is 1. The molecule has 0 saturated carbocycles. The molecule has 5 nitrogen and oxygen atoms in total. The average Bonchev–Trinajstić information content (AvgIpc) is 3.19. The standard InChI is InChI=1S/C22H21BrF3N3O2S/c23-17-5-6-18-19(14-17)32-21(27-18)29(8-2-7-28-9-11-31-12-10-28)20(30)15-3-1-4-16(13-15)22(24,25)26/h1,3-6,13-14H,2,7-12H2. The number of thiazole rings is 1. The predicted molar refractivity (Wildman–Crippen MR) is 122 cm³/mol. The third-order valence-electron chi connectivity index (χ3n) is 5.21. The van der Waals surface area contributed by atoms with Crippen molar-refractivity contribution in [2.75, 3.05) is 44.3 Å². The van der Waals surface area contributed by atoms with Gasteiger partial charge in [-0.2, -0.15) is 13.2 Å². The molecule has 0 unspecified atom stereocenters. The van der Waals surface area contributed by atoms with Crippen LogP contribution < -0.4 is 4.90 Å². The number of carbonyl (C=O) groups is 1. The molecule has 32 heavy (non-hydrogen) atoms. The molecule has 1 aromatic heterocycles. The molecule has 0 radical (unpaired) electrons. The summed E-state index contributed by atoms with van der Waals surface area (Å²) in [6, 6.07) is 10.2. The average molecular weight is 528 g/mol. The molecule has 3 aromatic rings. The number of carbonyl (C=O) groups excluding carboxylic acids is 1. The van der Waals surface area contributed by atoms with Gasteiger partial charge in [-0.05, 0) is 42.8 Å². The van der Waals surface area contributed by atoms with Gasteiger partial charge in [0.2, 0.25) is 0 Å². The first-order valence-electron chi connectivity index (χ1n) is 10.2. The lowest BCUT2D eigenvalue weighted by Gasteiger charge is -2.27. The van der Waals surface area contributed by atoms with E-state index in [0.717, 1.165) is 46.5 Å². The monoisotopic (exact) mass is 527 g/mol. The van der Waals surface area contributed by atoms with Crippen LogP contribution in [-0.4, -0.2) is 55.2 Å². The number of morpholine rings is 1. The van der Waals surface area contributed by atoms with Gasteiger partial charge in [0.05, 0.1) is 29.0 Å². The van der Waals surface area contributed by atoms with E-state index in [1.54, 1.807) is 0 Å². The first-order chi connectivity index (χ1) is 15.3. The van der Waals surface area contributed by atoms with E-state index in [1.807, 2.05) is 18.2 Å². The molecule has 0 N–H and O–H groups in total. The minimum Gasteiger partial charge on any atom is -0.379 e. The Hall–Kier alpha value is -2.01. The zero-order valence-electron chi connectivity index (χ0n) is 17.1. The van der Waals surface area contributed by atoms with Crippen molar-refractivity contribution in [2.45, 2.75) is 12.6 Å². The number of hydrogen-bond donors (Lipinski definition) is 0. The largest absolute Gasteiger partial charge is 0.416 e. The molecule has 10 heteroatoms. The highest BCUT2D eigenvalue weighted by Gasteiger charge is 2.32. The van der Waals surface area contributed by atoms with Gasteiger partial charge in [0.25, 0.3) is 5.91 Å². The SMILES string of the molecule is O=C(c1cccc(C(F)(F)F)c1)N(CCCN1CCOCC1)c1nc2ccc(Br)cc2s1. The number of amides is 1. The third kappa shape index (κ3) is 5.48. The highest BCUT2D eigenvalue weighted by molar-refractivity contribution is 9.10. The minimum atomic E-state index is -4.51. The van der Waals surface area contributed by atoms with Crippen LogP contribution in [-0.2, 0) is 10.9 Å². The van der Waals surface area contributed by atoms with Crippen LogP contribution >= 0.6 is 27.3 Å². The molecule has 1 amide bonds. The molecule has 1 aliphatic heterocycles. The van der Waals surface area contributed by atoms with Crippen LogP contribution in [0.2, 0.25) is 0 Å². The highest BCUT2D eigenvalue weighted by Crippen LogP contribution is 2.33. The molecule has 0 aliphatic carbocycles. The Balaban J connectivity index is 1.60. The van der Waals surface area contributed by atoms with Crippen LogP contribution in [0.15, 0.2) is 46.9 Å². The molecule has 1 aliphatic rings. The van der Waals surface area contributed by atoms with Crippen molar-refractivity contribution in [1.82, 2.24) is 9.88 Å². The summed E-state index contributed by atoms with van der Waals surface area (Å²) < 4.78 is 46.7. The van der Waals surface area contributed by atoms with Crippen LogP contribution in [0.3, 0.4) is 0 Å². The lowest BCUT2D eigenvalue weighted by Crippen LogP contribution is -2.39. The molecule has 4 rings (SSSR count). The smallest absolute Gasteiger partial charge is 0.379 e. The molecular formula is C22H21BrF3N3O2S. The van der Waals surface area contributed by atoms with E-state index in [-0.39, 0.29) is 5.56 Å². The summed E-state index contributed by atoms with van der Waals surface area (Å²) in [6.07, 6.45) is -3.84. The third-order valence-corrected chi connectivity index (χ3v) is 6.75. The molecule has 170 valence electrons. The van der Waals surface area contributed by atoms with Gasteiger partial charge in [-0.3, -0.25) is 14.6 Å². The molecule has 0 spiro atoms. The van der Waals surface area contributed by atoms with Gasteiger partial charge in [0, 0.05) is 36.2 Å². The Morgan fingerprint density at radius 1 is 1.19 bits per heavy atom. The lowest BCUT2D eigenvalue weighted by atomic mass is 10.1. The number of benzene rings is 2. The summed E-state index contributed by atoms with van der Waals surface area (Å²) in [5, 5.41) is 0.475. The number of anilines is 1. The summed E-state index contributed by atoms with van der Waals surface area (Å²) in [4.78, 5) is 21.7. The second-order valence-electron chi connectivity index (χ2n) is 7.45. The molecule has 1 saturated heterocycles. The van der Waals surface area contributed by atoms with Gasteiger partial charge in [-0.1, -0.05) is 33.3 Å². The summed E-state index contributed by atoms with van der Waals surface area (Å²) in [5.41, 5.74) is -0.111. The zero-order chi connectivity index (χ0) is 22.7. The molecule has 2 aromatic carbocycles. The Morgan fingerprint density at radius 3 is 2.72 bits per heavy atom. The number of rotatable bonds is 6. The van der Waals surface area contributed by atoms with E-state index in [9.17, 15) is 18.0 Å². The van der Waals surface area contributed by atoms with E-state index < -0.39 is 17.6 Å². The van der Waals surface area contributed by atoms with Crippen molar-refractivity contribution < 1.29 is 22.7 Å². The summed E-state index contributed by atoms with van der Waals surface area (Å²) in [6.45, 7) is 4.15. The minimum absolute atomic E-state index is 0.00775. The molecular weight excluding hydrogens is 507 g/mol. The Bertz CT molecular complexity index is 1100. The van der Waals surface area contributed by atoms with Gasteiger partial charge in [-0.15, -0.1) is 0 Å². The first kappa shape index (κ1) is 23.2. The number of nitrogens with zero attached hydrogens (tertiary/aromatic N) is 3. The predicted octanol–water partition coefficient (Wildman–Crippen LogP) is 5.45. The van der Waals surface area contributed by atoms with Crippen molar-refractivity contribution in [3.8, 4) is 0 Å². The summed E-state index contributed by atoms with van der Waals surface area (Å²) in [5.74, 6) is -0.490. The van der Waals surface area contributed by atoms with E-state index in [0.29, 0.717) is 31.3 Å². The molecule has 0 atom stereocenters. The molecule has 1 fully saturated rings. The van der Waals surface area contributed by atoms with Crippen molar-refractivity contribution in [3.05, 3.63) is 58.1 Å². The topological polar surface area (TPSA) is 45.7 Å². The van der Waals surface area contributed by atoms with Crippen molar-refractivity contribution in [1.29, 1.82) is 0 Å². The van der Waals surface area contributed by atoms with Gasteiger partial charge in [-0.25, -0.2) is 4.98 Å². The number of ether oxygens (including phenoxy) is 1. The van der Waals surface area contributed by atoms with Crippen LogP contribution in [0.5, 0.6) is 0 Å². The van der Waals surface area contributed by atoms with Gasteiger partial charge in [0.1, 0.15) is 0 Å². The number of alkyl halides is 3. The van der Waals surface area contributed by atoms with E-state index in [2.05, 4.69) is 25.8 Å². The van der Waals surface area contributed by atoms with Crippen LogP contribution in [0, 0.1) is 0 Å². The van der Waals surface area contributed by atoms with Crippen LogP contribution in [0.1, 0.15) is 22.3 Å². The maximum absolute atomic E-state index is 13.3.